The van der Waals surface area contributed by atoms with Crippen LogP contribution in [0.3, 0.4) is 0 Å². The van der Waals surface area contributed by atoms with Gasteiger partial charge in [0.15, 0.2) is 0 Å². The molecule has 2 aromatic rings. The minimum Gasteiger partial charge on any atom is -0.481 e. The van der Waals surface area contributed by atoms with Gasteiger partial charge in [-0.25, -0.2) is 4.68 Å². The Bertz CT molecular complexity index is 745. The van der Waals surface area contributed by atoms with E-state index in [9.17, 15) is 14.7 Å². The van der Waals surface area contributed by atoms with Crippen molar-refractivity contribution in [3.8, 4) is 5.69 Å². The first-order chi connectivity index (χ1) is 11.6. The molecule has 1 aromatic heterocycles. The molecule has 126 valence electrons. The highest BCUT2D eigenvalue weighted by atomic mass is 79.9. The zero-order valence-corrected chi connectivity index (χ0v) is 14.6. The van der Waals surface area contributed by atoms with Crippen molar-refractivity contribution in [1.82, 2.24) is 15.1 Å². The van der Waals surface area contributed by atoms with Crippen LogP contribution in [-0.2, 0) is 4.79 Å². The van der Waals surface area contributed by atoms with E-state index >= 15 is 0 Å². The third-order valence-electron chi connectivity index (χ3n) is 4.36. The van der Waals surface area contributed by atoms with Gasteiger partial charge in [-0.3, -0.25) is 9.59 Å². The molecule has 0 spiro atoms. The molecule has 1 saturated carbocycles. The Balaban J connectivity index is 1.78. The SMILES string of the molecule is O=C(N[C@H]1CCCC[C@H]1C(=O)O)c1cnn(-c2ccccc2)c1Br. The first-order valence-corrected chi connectivity index (χ1v) is 8.70. The van der Waals surface area contributed by atoms with Crippen LogP contribution in [0.25, 0.3) is 5.69 Å². The summed E-state index contributed by atoms with van der Waals surface area (Å²) >= 11 is 3.42. The molecule has 0 radical (unpaired) electrons. The summed E-state index contributed by atoms with van der Waals surface area (Å²) < 4.78 is 2.18. The van der Waals surface area contributed by atoms with Gasteiger partial charge in [0.05, 0.1) is 23.4 Å². The average Bonchev–Trinajstić information content (AvgIpc) is 2.97. The van der Waals surface area contributed by atoms with Crippen molar-refractivity contribution in [2.45, 2.75) is 31.7 Å². The number of aromatic nitrogens is 2. The van der Waals surface area contributed by atoms with Crippen molar-refractivity contribution < 1.29 is 14.7 Å². The molecule has 1 aliphatic rings. The number of carbonyl (C=O) groups excluding carboxylic acids is 1. The Hall–Kier alpha value is -2.15. The number of halogens is 1. The number of nitrogens with one attached hydrogen (secondary N) is 1. The summed E-state index contributed by atoms with van der Waals surface area (Å²) in [5, 5.41) is 16.4. The second-order valence-electron chi connectivity index (χ2n) is 5.91. The number of para-hydroxylation sites is 1. The number of hydrogen-bond donors (Lipinski definition) is 2. The van der Waals surface area contributed by atoms with Crippen LogP contribution in [0.15, 0.2) is 41.1 Å². The topological polar surface area (TPSA) is 84.2 Å². The Labute approximate surface area is 148 Å². The molecule has 1 fully saturated rings. The predicted octanol–water partition coefficient (Wildman–Crippen LogP) is 3.01. The van der Waals surface area contributed by atoms with Gasteiger partial charge < -0.3 is 10.4 Å². The largest absolute Gasteiger partial charge is 0.481 e. The number of carboxylic acids is 1. The van der Waals surface area contributed by atoms with E-state index in [4.69, 9.17) is 0 Å². The Kier molecular flexibility index (Phi) is 4.99. The van der Waals surface area contributed by atoms with Gasteiger partial charge in [0.1, 0.15) is 4.60 Å². The molecule has 0 bridgehead atoms. The quantitative estimate of drug-likeness (QED) is 0.838. The normalized spacial score (nSPS) is 20.5. The smallest absolute Gasteiger partial charge is 0.308 e. The lowest BCUT2D eigenvalue weighted by molar-refractivity contribution is -0.143. The number of hydrogen-bond acceptors (Lipinski definition) is 3. The summed E-state index contributed by atoms with van der Waals surface area (Å²) in [5.74, 6) is -1.67. The molecule has 2 N–H and O–H groups in total. The van der Waals surface area contributed by atoms with E-state index in [2.05, 4.69) is 26.3 Å². The second-order valence-corrected chi connectivity index (χ2v) is 6.66. The lowest BCUT2D eigenvalue weighted by Crippen LogP contribution is -2.45. The van der Waals surface area contributed by atoms with E-state index in [1.807, 2.05) is 30.3 Å². The zero-order chi connectivity index (χ0) is 17.1. The molecule has 24 heavy (non-hydrogen) atoms. The summed E-state index contributed by atoms with van der Waals surface area (Å²) in [6.45, 7) is 0. The maximum absolute atomic E-state index is 12.6. The highest BCUT2D eigenvalue weighted by Crippen LogP contribution is 2.26. The summed E-state index contributed by atoms with van der Waals surface area (Å²) in [6.07, 6.45) is 4.60. The standard InChI is InChI=1S/C17H18BrN3O3/c18-15-13(10-19-21(15)11-6-2-1-3-7-11)16(22)20-14-9-5-4-8-12(14)17(23)24/h1-3,6-7,10,12,14H,4-5,8-9H2,(H,20,22)(H,23,24)/t12-,14+/m1/s1. The van der Waals surface area contributed by atoms with Crippen LogP contribution >= 0.6 is 15.9 Å². The van der Waals surface area contributed by atoms with Crippen molar-refractivity contribution in [3.05, 3.63) is 46.7 Å². The van der Waals surface area contributed by atoms with Crippen LogP contribution in [0.2, 0.25) is 0 Å². The van der Waals surface area contributed by atoms with Crippen LogP contribution in [-0.4, -0.2) is 32.8 Å². The summed E-state index contributed by atoms with van der Waals surface area (Å²) in [7, 11) is 0. The van der Waals surface area contributed by atoms with Crippen LogP contribution in [0, 0.1) is 5.92 Å². The first kappa shape index (κ1) is 16.7. The molecule has 1 heterocycles. The van der Waals surface area contributed by atoms with Gasteiger partial charge in [-0.05, 0) is 40.9 Å². The van der Waals surface area contributed by atoms with Crippen molar-refractivity contribution >= 4 is 27.8 Å². The number of benzene rings is 1. The van der Waals surface area contributed by atoms with E-state index < -0.39 is 11.9 Å². The second kappa shape index (κ2) is 7.17. The van der Waals surface area contributed by atoms with Crippen LogP contribution < -0.4 is 5.32 Å². The maximum atomic E-state index is 12.6. The van der Waals surface area contributed by atoms with Gasteiger partial charge in [0.2, 0.25) is 0 Å². The highest BCUT2D eigenvalue weighted by Gasteiger charge is 2.32. The third-order valence-corrected chi connectivity index (χ3v) is 5.12. The van der Waals surface area contributed by atoms with Crippen LogP contribution in [0.1, 0.15) is 36.0 Å². The fraction of sp³-hybridized carbons (Fsp3) is 0.353. The molecular formula is C17H18BrN3O3. The first-order valence-electron chi connectivity index (χ1n) is 7.90. The molecule has 0 saturated heterocycles. The molecule has 1 aliphatic carbocycles. The number of aliphatic carboxylic acids is 1. The van der Waals surface area contributed by atoms with E-state index in [0.29, 0.717) is 23.0 Å². The number of nitrogens with zero attached hydrogens (tertiary/aromatic N) is 2. The minimum absolute atomic E-state index is 0.304. The number of carbonyl (C=O) groups is 2. The Morgan fingerprint density at radius 1 is 1.21 bits per heavy atom. The van der Waals surface area contributed by atoms with E-state index in [1.54, 1.807) is 4.68 Å². The van der Waals surface area contributed by atoms with Crippen LogP contribution in [0.4, 0.5) is 0 Å². The van der Waals surface area contributed by atoms with E-state index in [0.717, 1.165) is 18.5 Å². The minimum atomic E-state index is -0.848. The predicted molar refractivity (Wildman–Crippen MR) is 92.1 cm³/mol. The summed E-state index contributed by atoms with van der Waals surface area (Å²) in [4.78, 5) is 23.9. The molecule has 3 rings (SSSR count). The molecule has 1 amide bonds. The van der Waals surface area contributed by atoms with Gasteiger partial charge in [-0.15, -0.1) is 0 Å². The average molecular weight is 392 g/mol. The molecule has 1 aromatic carbocycles. The monoisotopic (exact) mass is 391 g/mol. The molecule has 0 unspecified atom stereocenters. The van der Waals surface area contributed by atoms with Crippen molar-refractivity contribution in [3.63, 3.8) is 0 Å². The van der Waals surface area contributed by atoms with E-state index in [1.165, 1.54) is 6.20 Å². The van der Waals surface area contributed by atoms with Crippen molar-refractivity contribution in [2.24, 2.45) is 5.92 Å². The van der Waals surface area contributed by atoms with E-state index in [-0.39, 0.29) is 11.9 Å². The van der Waals surface area contributed by atoms with Gasteiger partial charge in [0, 0.05) is 6.04 Å². The zero-order valence-electron chi connectivity index (χ0n) is 13.0. The van der Waals surface area contributed by atoms with Crippen molar-refractivity contribution in [1.29, 1.82) is 0 Å². The van der Waals surface area contributed by atoms with Gasteiger partial charge >= 0.3 is 5.97 Å². The third kappa shape index (κ3) is 3.36. The summed E-state index contributed by atoms with van der Waals surface area (Å²) in [6, 6.07) is 9.13. The fourth-order valence-electron chi connectivity index (χ4n) is 3.08. The molecule has 6 nitrogen and oxygen atoms in total. The fourth-order valence-corrected chi connectivity index (χ4v) is 3.66. The maximum Gasteiger partial charge on any atom is 0.308 e. The molecule has 2 atom stereocenters. The lowest BCUT2D eigenvalue weighted by Gasteiger charge is -2.29. The van der Waals surface area contributed by atoms with Crippen LogP contribution in [0.5, 0.6) is 0 Å². The van der Waals surface area contributed by atoms with Gasteiger partial charge in [-0.1, -0.05) is 31.0 Å². The van der Waals surface area contributed by atoms with Crippen molar-refractivity contribution in [2.75, 3.05) is 0 Å². The Morgan fingerprint density at radius 3 is 2.62 bits per heavy atom. The van der Waals surface area contributed by atoms with Gasteiger partial charge in [0.25, 0.3) is 5.91 Å². The van der Waals surface area contributed by atoms with Gasteiger partial charge in [-0.2, -0.15) is 5.10 Å². The number of amides is 1. The Morgan fingerprint density at radius 2 is 1.92 bits per heavy atom. The summed E-state index contributed by atoms with van der Waals surface area (Å²) in [5.41, 5.74) is 1.23. The molecular weight excluding hydrogens is 374 g/mol. The number of rotatable bonds is 4. The highest BCUT2D eigenvalue weighted by molar-refractivity contribution is 9.10. The molecule has 0 aliphatic heterocycles. The number of carboxylic acid groups (broad SMARTS) is 1. The molecule has 7 heteroatoms. The lowest BCUT2D eigenvalue weighted by atomic mass is 9.84.